The van der Waals surface area contributed by atoms with Crippen LogP contribution in [0.5, 0.6) is 0 Å². The summed E-state index contributed by atoms with van der Waals surface area (Å²) in [4.78, 5) is 0. The molecule has 1 heterocycles. The van der Waals surface area contributed by atoms with E-state index in [-0.39, 0.29) is 6.10 Å². The van der Waals surface area contributed by atoms with Gasteiger partial charge >= 0.3 is 0 Å². The third-order valence-electron chi connectivity index (χ3n) is 1.41. The Hall–Kier alpha value is -0.830. The van der Waals surface area contributed by atoms with Crippen LogP contribution in [0, 0.1) is 0 Å². The Morgan fingerprint density at radius 2 is 2.50 bits per heavy atom. The van der Waals surface area contributed by atoms with Crippen molar-refractivity contribution < 1.29 is 4.74 Å². The summed E-state index contributed by atoms with van der Waals surface area (Å²) < 4.78 is 6.92. The minimum absolute atomic E-state index is 0.236. The van der Waals surface area contributed by atoms with Crippen LogP contribution in [-0.2, 0) is 11.3 Å². The molecule has 0 aliphatic rings. The Morgan fingerprint density at radius 1 is 1.70 bits per heavy atom. The highest BCUT2D eigenvalue weighted by Gasteiger charge is 1.98. The summed E-state index contributed by atoms with van der Waals surface area (Å²) in [7, 11) is 1.70. The zero-order valence-electron chi connectivity index (χ0n) is 6.32. The molecular formula is C7H12N2O. The highest BCUT2D eigenvalue weighted by Crippen LogP contribution is 1.92. The van der Waals surface area contributed by atoms with Gasteiger partial charge in [0.2, 0.25) is 0 Å². The average molecular weight is 140 g/mol. The second-order valence-corrected chi connectivity index (χ2v) is 2.27. The normalized spacial score (nSPS) is 13.4. The maximum absolute atomic E-state index is 5.06. The lowest BCUT2D eigenvalue weighted by Gasteiger charge is -2.07. The van der Waals surface area contributed by atoms with Crippen molar-refractivity contribution in [3.63, 3.8) is 0 Å². The molecular weight excluding hydrogens is 128 g/mol. The number of rotatable bonds is 3. The molecule has 0 aliphatic carbocycles. The lowest BCUT2D eigenvalue weighted by atomic mass is 10.4. The fourth-order valence-electron chi connectivity index (χ4n) is 0.746. The SMILES string of the molecule is CO[C@@H](C)Cn1cccn1. The van der Waals surface area contributed by atoms with E-state index < -0.39 is 0 Å². The van der Waals surface area contributed by atoms with Crippen molar-refractivity contribution in [2.75, 3.05) is 7.11 Å². The highest BCUT2D eigenvalue weighted by molar-refractivity contribution is 4.78. The number of methoxy groups -OCH3 is 1. The van der Waals surface area contributed by atoms with Gasteiger partial charge in [-0.25, -0.2) is 0 Å². The molecule has 56 valence electrons. The molecule has 3 heteroatoms. The van der Waals surface area contributed by atoms with Gasteiger partial charge in [-0.2, -0.15) is 5.10 Å². The minimum atomic E-state index is 0.236. The van der Waals surface area contributed by atoms with Crippen molar-refractivity contribution in [3.05, 3.63) is 18.5 Å². The molecule has 0 fully saturated rings. The molecule has 1 atom stereocenters. The van der Waals surface area contributed by atoms with Gasteiger partial charge < -0.3 is 4.74 Å². The summed E-state index contributed by atoms with van der Waals surface area (Å²) >= 11 is 0. The van der Waals surface area contributed by atoms with E-state index in [2.05, 4.69) is 5.10 Å². The Bertz CT molecular complexity index is 172. The van der Waals surface area contributed by atoms with E-state index in [0.717, 1.165) is 6.54 Å². The smallest absolute Gasteiger partial charge is 0.0739 e. The average Bonchev–Trinajstić information content (AvgIpc) is 2.40. The first-order valence-electron chi connectivity index (χ1n) is 3.33. The van der Waals surface area contributed by atoms with Crippen molar-refractivity contribution in [2.24, 2.45) is 0 Å². The van der Waals surface area contributed by atoms with Gasteiger partial charge in [0.25, 0.3) is 0 Å². The molecule has 0 aromatic carbocycles. The van der Waals surface area contributed by atoms with Gasteiger partial charge in [0.05, 0.1) is 12.6 Å². The van der Waals surface area contributed by atoms with Crippen molar-refractivity contribution in [1.82, 2.24) is 9.78 Å². The van der Waals surface area contributed by atoms with Crippen molar-refractivity contribution in [3.8, 4) is 0 Å². The minimum Gasteiger partial charge on any atom is -0.380 e. The van der Waals surface area contributed by atoms with Crippen LogP contribution in [0.2, 0.25) is 0 Å². The molecule has 3 nitrogen and oxygen atoms in total. The lowest BCUT2D eigenvalue weighted by molar-refractivity contribution is 0.0998. The van der Waals surface area contributed by atoms with Gasteiger partial charge in [-0.1, -0.05) is 0 Å². The first kappa shape index (κ1) is 7.28. The standard InChI is InChI=1S/C7H12N2O/c1-7(10-2)6-9-5-3-4-8-9/h3-5,7H,6H2,1-2H3/t7-/m0/s1. The van der Waals surface area contributed by atoms with Crippen molar-refractivity contribution in [1.29, 1.82) is 0 Å². The molecule has 1 aromatic heterocycles. The third-order valence-corrected chi connectivity index (χ3v) is 1.41. The van der Waals surface area contributed by atoms with Gasteiger partial charge in [0, 0.05) is 19.5 Å². The molecule has 10 heavy (non-hydrogen) atoms. The van der Waals surface area contributed by atoms with Gasteiger partial charge in [-0.05, 0) is 13.0 Å². The molecule has 0 amide bonds. The van der Waals surface area contributed by atoms with Gasteiger partial charge in [0.1, 0.15) is 0 Å². The van der Waals surface area contributed by atoms with Crippen LogP contribution in [0.25, 0.3) is 0 Å². The van der Waals surface area contributed by atoms with Crippen LogP contribution in [0.15, 0.2) is 18.5 Å². The molecule has 0 radical (unpaired) electrons. The van der Waals surface area contributed by atoms with Crippen LogP contribution in [-0.4, -0.2) is 23.0 Å². The summed E-state index contributed by atoms with van der Waals surface area (Å²) in [5.41, 5.74) is 0. The Balaban J connectivity index is 2.40. The maximum Gasteiger partial charge on any atom is 0.0739 e. The quantitative estimate of drug-likeness (QED) is 0.624. The number of hydrogen-bond acceptors (Lipinski definition) is 2. The van der Waals surface area contributed by atoms with Gasteiger partial charge in [0.15, 0.2) is 0 Å². The van der Waals surface area contributed by atoms with E-state index in [1.807, 2.05) is 23.9 Å². The zero-order valence-corrected chi connectivity index (χ0v) is 6.32. The summed E-state index contributed by atoms with van der Waals surface area (Å²) in [6.45, 7) is 2.84. The van der Waals surface area contributed by atoms with Crippen LogP contribution in [0.3, 0.4) is 0 Å². The van der Waals surface area contributed by atoms with Gasteiger partial charge in [-0.15, -0.1) is 0 Å². The number of aromatic nitrogens is 2. The molecule has 0 saturated carbocycles. The summed E-state index contributed by atoms with van der Waals surface area (Å²) in [6.07, 6.45) is 3.93. The van der Waals surface area contributed by atoms with Crippen molar-refractivity contribution >= 4 is 0 Å². The monoisotopic (exact) mass is 140 g/mol. The Labute approximate surface area is 60.6 Å². The van der Waals surface area contributed by atoms with Crippen LogP contribution in [0.1, 0.15) is 6.92 Å². The largest absolute Gasteiger partial charge is 0.380 e. The van der Waals surface area contributed by atoms with E-state index in [1.165, 1.54) is 0 Å². The molecule has 0 aliphatic heterocycles. The first-order valence-corrected chi connectivity index (χ1v) is 3.33. The molecule has 0 bridgehead atoms. The highest BCUT2D eigenvalue weighted by atomic mass is 16.5. The van der Waals surface area contributed by atoms with Crippen LogP contribution in [0.4, 0.5) is 0 Å². The van der Waals surface area contributed by atoms with E-state index in [0.29, 0.717) is 0 Å². The fraction of sp³-hybridized carbons (Fsp3) is 0.571. The number of nitrogens with zero attached hydrogens (tertiary/aromatic N) is 2. The fourth-order valence-corrected chi connectivity index (χ4v) is 0.746. The van der Waals surface area contributed by atoms with E-state index in [9.17, 15) is 0 Å². The molecule has 1 aromatic rings. The van der Waals surface area contributed by atoms with Crippen LogP contribution < -0.4 is 0 Å². The van der Waals surface area contributed by atoms with Crippen molar-refractivity contribution in [2.45, 2.75) is 19.6 Å². The van der Waals surface area contributed by atoms with Gasteiger partial charge in [-0.3, -0.25) is 4.68 Å². The summed E-state index contributed by atoms with van der Waals surface area (Å²) in [5, 5.41) is 4.04. The number of ether oxygens (including phenoxy) is 1. The maximum atomic E-state index is 5.06. The molecule has 1 rings (SSSR count). The molecule has 0 saturated heterocycles. The Morgan fingerprint density at radius 3 is 3.00 bits per heavy atom. The van der Waals surface area contributed by atoms with E-state index in [1.54, 1.807) is 13.3 Å². The predicted molar refractivity (Wildman–Crippen MR) is 38.7 cm³/mol. The zero-order chi connectivity index (χ0) is 7.40. The molecule has 0 unspecified atom stereocenters. The lowest BCUT2D eigenvalue weighted by Crippen LogP contribution is -2.14. The second kappa shape index (κ2) is 3.37. The van der Waals surface area contributed by atoms with E-state index >= 15 is 0 Å². The second-order valence-electron chi connectivity index (χ2n) is 2.27. The predicted octanol–water partition coefficient (Wildman–Crippen LogP) is 0.918. The molecule has 0 N–H and O–H groups in total. The summed E-state index contributed by atoms with van der Waals surface area (Å²) in [5.74, 6) is 0. The third kappa shape index (κ3) is 1.84. The van der Waals surface area contributed by atoms with Crippen LogP contribution >= 0.6 is 0 Å². The first-order chi connectivity index (χ1) is 4.83. The topological polar surface area (TPSA) is 27.1 Å². The summed E-state index contributed by atoms with van der Waals surface area (Å²) in [6, 6.07) is 1.91. The Kier molecular flexibility index (Phi) is 2.45. The molecule has 0 spiro atoms. The van der Waals surface area contributed by atoms with E-state index in [4.69, 9.17) is 4.74 Å². The number of hydrogen-bond donors (Lipinski definition) is 0.